The predicted molar refractivity (Wildman–Crippen MR) is 81.2 cm³/mol. The van der Waals surface area contributed by atoms with Crippen LogP contribution in [0.4, 0.5) is 0 Å². The van der Waals surface area contributed by atoms with Gasteiger partial charge in [0.15, 0.2) is 0 Å². The fourth-order valence-electron chi connectivity index (χ4n) is 1.63. The second-order valence-corrected chi connectivity index (χ2v) is 5.81. The summed E-state index contributed by atoms with van der Waals surface area (Å²) in [6.45, 7) is 2.61. The van der Waals surface area contributed by atoms with Gasteiger partial charge in [-0.05, 0) is 41.1 Å². The second-order valence-electron chi connectivity index (χ2n) is 4.01. The lowest BCUT2D eigenvalue weighted by Gasteiger charge is -2.08. The van der Waals surface area contributed by atoms with Gasteiger partial charge >= 0.3 is 0 Å². The van der Waals surface area contributed by atoms with Gasteiger partial charge in [0, 0.05) is 21.3 Å². The molecule has 0 aliphatic carbocycles. The highest BCUT2D eigenvalue weighted by molar-refractivity contribution is 9.10. The topological polar surface area (TPSA) is 72.0 Å². The van der Waals surface area contributed by atoms with Gasteiger partial charge in [0.05, 0.1) is 17.8 Å². The monoisotopic (exact) mass is 339 g/mol. The molecule has 0 spiro atoms. The molecular weight excluding hydrogens is 326 g/mol. The third-order valence-corrected chi connectivity index (χ3v) is 4.32. The summed E-state index contributed by atoms with van der Waals surface area (Å²) in [5.74, 6) is 0.803. The second kappa shape index (κ2) is 6.16. The summed E-state index contributed by atoms with van der Waals surface area (Å²) in [5.41, 5.74) is 9.05. The Morgan fingerprint density at radius 1 is 1.53 bits per heavy atom. The Morgan fingerprint density at radius 3 is 2.89 bits per heavy atom. The fraction of sp³-hybridized carbons (Fsp3) is 0.231. The minimum atomic E-state index is 0.0405. The number of halogens is 1. The van der Waals surface area contributed by atoms with Gasteiger partial charge in [-0.25, -0.2) is 4.98 Å². The molecule has 19 heavy (non-hydrogen) atoms. The number of hydrogen-bond acceptors (Lipinski definition) is 4. The standard InChI is InChI=1S/C13H14BrN3OS/c1-8-12(19-7-17-8)4-5-18-9-2-3-10(13(15)16)11(14)6-9/h2-3,6-7H,4-5H2,1H3,(H3,15,16). The van der Waals surface area contributed by atoms with Crippen molar-refractivity contribution in [3.63, 3.8) is 0 Å². The van der Waals surface area contributed by atoms with Crippen LogP contribution in [0.2, 0.25) is 0 Å². The van der Waals surface area contributed by atoms with Crippen LogP contribution in [-0.4, -0.2) is 17.4 Å². The molecule has 0 unspecified atom stereocenters. The van der Waals surface area contributed by atoms with E-state index in [0.717, 1.165) is 22.3 Å². The molecule has 1 heterocycles. The smallest absolute Gasteiger partial charge is 0.123 e. The van der Waals surface area contributed by atoms with Crippen LogP contribution in [0.1, 0.15) is 16.1 Å². The minimum absolute atomic E-state index is 0.0405. The Labute approximate surface area is 124 Å². The lowest BCUT2D eigenvalue weighted by Crippen LogP contribution is -2.11. The molecule has 0 radical (unpaired) electrons. The van der Waals surface area contributed by atoms with Crippen molar-refractivity contribution in [1.29, 1.82) is 5.41 Å². The van der Waals surface area contributed by atoms with Crippen molar-refractivity contribution < 1.29 is 4.74 Å². The number of nitrogen functional groups attached to an aromatic ring is 1. The van der Waals surface area contributed by atoms with Crippen LogP contribution in [0.3, 0.4) is 0 Å². The van der Waals surface area contributed by atoms with E-state index in [9.17, 15) is 0 Å². The molecule has 6 heteroatoms. The molecule has 0 amide bonds. The first-order valence-corrected chi connectivity index (χ1v) is 7.41. The molecule has 0 bridgehead atoms. The number of thiazole rings is 1. The molecule has 0 fully saturated rings. The number of aromatic nitrogens is 1. The summed E-state index contributed by atoms with van der Waals surface area (Å²) < 4.78 is 6.46. The summed E-state index contributed by atoms with van der Waals surface area (Å²) in [6.07, 6.45) is 0.850. The molecule has 0 atom stereocenters. The van der Waals surface area contributed by atoms with Gasteiger partial charge in [-0.2, -0.15) is 0 Å². The van der Waals surface area contributed by atoms with Crippen LogP contribution >= 0.6 is 27.3 Å². The zero-order chi connectivity index (χ0) is 13.8. The highest BCUT2D eigenvalue weighted by Crippen LogP contribution is 2.23. The first-order chi connectivity index (χ1) is 9.08. The van der Waals surface area contributed by atoms with Crippen molar-refractivity contribution in [1.82, 2.24) is 4.98 Å². The maximum atomic E-state index is 7.40. The SMILES string of the molecule is Cc1ncsc1CCOc1ccc(C(=N)N)c(Br)c1. The Bertz CT molecular complexity index is 597. The van der Waals surface area contributed by atoms with Crippen LogP contribution in [0.25, 0.3) is 0 Å². The van der Waals surface area contributed by atoms with Crippen LogP contribution in [0.15, 0.2) is 28.2 Å². The largest absolute Gasteiger partial charge is 0.493 e. The number of nitrogens with two attached hydrogens (primary N) is 1. The van der Waals surface area contributed by atoms with Crippen molar-refractivity contribution in [2.75, 3.05) is 6.61 Å². The molecule has 3 N–H and O–H groups in total. The van der Waals surface area contributed by atoms with E-state index in [1.165, 1.54) is 4.88 Å². The van der Waals surface area contributed by atoms with E-state index in [1.807, 2.05) is 24.6 Å². The number of amidine groups is 1. The van der Waals surface area contributed by atoms with E-state index in [1.54, 1.807) is 17.4 Å². The van der Waals surface area contributed by atoms with Crippen LogP contribution in [0, 0.1) is 12.3 Å². The first kappa shape index (κ1) is 14.0. The summed E-state index contributed by atoms with van der Waals surface area (Å²) in [7, 11) is 0. The van der Waals surface area contributed by atoms with Gasteiger partial charge in [-0.1, -0.05) is 0 Å². The maximum Gasteiger partial charge on any atom is 0.123 e. The molecule has 1 aromatic heterocycles. The van der Waals surface area contributed by atoms with Crippen molar-refractivity contribution in [2.45, 2.75) is 13.3 Å². The first-order valence-electron chi connectivity index (χ1n) is 5.73. The summed E-state index contributed by atoms with van der Waals surface area (Å²) in [6, 6.07) is 5.43. The summed E-state index contributed by atoms with van der Waals surface area (Å²) >= 11 is 5.03. The van der Waals surface area contributed by atoms with Gasteiger partial charge in [0.2, 0.25) is 0 Å². The zero-order valence-electron chi connectivity index (χ0n) is 10.4. The minimum Gasteiger partial charge on any atom is -0.493 e. The molecule has 2 aromatic rings. The number of hydrogen-bond donors (Lipinski definition) is 2. The number of nitrogens with one attached hydrogen (secondary N) is 1. The zero-order valence-corrected chi connectivity index (χ0v) is 12.8. The van der Waals surface area contributed by atoms with Crippen molar-refractivity contribution >= 4 is 33.1 Å². The molecule has 0 saturated carbocycles. The number of benzene rings is 1. The highest BCUT2D eigenvalue weighted by atomic mass is 79.9. The lowest BCUT2D eigenvalue weighted by molar-refractivity contribution is 0.322. The maximum absolute atomic E-state index is 7.40. The molecule has 4 nitrogen and oxygen atoms in total. The normalized spacial score (nSPS) is 10.4. The quantitative estimate of drug-likeness (QED) is 0.649. The Morgan fingerprint density at radius 2 is 2.32 bits per heavy atom. The van der Waals surface area contributed by atoms with Gasteiger partial charge < -0.3 is 10.5 Å². The van der Waals surface area contributed by atoms with E-state index in [0.29, 0.717) is 12.2 Å². The summed E-state index contributed by atoms with van der Waals surface area (Å²) in [5, 5.41) is 7.40. The third kappa shape index (κ3) is 3.54. The Hall–Kier alpha value is -1.40. The van der Waals surface area contributed by atoms with Crippen molar-refractivity contribution in [3.05, 3.63) is 44.3 Å². The molecule has 0 saturated heterocycles. The predicted octanol–water partition coefficient (Wildman–Crippen LogP) is 3.12. The highest BCUT2D eigenvalue weighted by Gasteiger charge is 2.06. The average molecular weight is 340 g/mol. The fourth-order valence-corrected chi connectivity index (χ4v) is 2.97. The van der Waals surface area contributed by atoms with Crippen LogP contribution in [-0.2, 0) is 6.42 Å². The van der Waals surface area contributed by atoms with Gasteiger partial charge in [0.1, 0.15) is 11.6 Å². The van der Waals surface area contributed by atoms with Crippen LogP contribution < -0.4 is 10.5 Å². The van der Waals surface area contributed by atoms with Crippen LogP contribution in [0.5, 0.6) is 5.75 Å². The van der Waals surface area contributed by atoms with Crippen molar-refractivity contribution in [2.24, 2.45) is 5.73 Å². The molecular formula is C13H14BrN3OS. The average Bonchev–Trinajstić information content (AvgIpc) is 2.75. The third-order valence-electron chi connectivity index (χ3n) is 2.67. The number of rotatable bonds is 5. The van der Waals surface area contributed by atoms with E-state index < -0.39 is 0 Å². The van der Waals surface area contributed by atoms with E-state index in [4.69, 9.17) is 15.9 Å². The summed E-state index contributed by atoms with van der Waals surface area (Å²) in [4.78, 5) is 5.45. The van der Waals surface area contributed by atoms with Gasteiger partial charge in [0.25, 0.3) is 0 Å². The molecule has 2 rings (SSSR count). The number of ether oxygens (including phenoxy) is 1. The molecule has 0 aliphatic heterocycles. The Balaban J connectivity index is 1.95. The van der Waals surface area contributed by atoms with Gasteiger partial charge in [-0.3, -0.25) is 5.41 Å². The van der Waals surface area contributed by atoms with E-state index in [2.05, 4.69) is 20.9 Å². The van der Waals surface area contributed by atoms with Crippen molar-refractivity contribution in [3.8, 4) is 5.75 Å². The molecule has 100 valence electrons. The number of aryl methyl sites for hydroxylation is 1. The Kier molecular flexibility index (Phi) is 4.55. The van der Waals surface area contributed by atoms with Gasteiger partial charge in [-0.15, -0.1) is 11.3 Å². The number of nitrogens with zero attached hydrogens (tertiary/aromatic N) is 1. The van der Waals surface area contributed by atoms with E-state index in [-0.39, 0.29) is 5.84 Å². The van der Waals surface area contributed by atoms with E-state index >= 15 is 0 Å². The lowest BCUT2D eigenvalue weighted by atomic mass is 10.2. The molecule has 0 aliphatic rings. The molecule has 1 aromatic carbocycles.